The summed E-state index contributed by atoms with van der Waals surface area (Å²) in [5, 5.41) is 10.9. The Morgan fingerprint density at radius 3 is 2.85 bits per heavy atom. The van der Waals surface area contributed by atoms with E-state index in [1.807, 2.05) is 6.92 Å². The molecule has 1 amide bonds. The first-order valence-corrected chi connectivity index (χ1v) is 6.39. The Morgan fingerprint density at radius 2 is 2.25 bits per heavy atom. The van der Waals surface area contributed by atoms with Gasteiger partial charge in [-0.15, -0.1) is 0 Å². The van der Waals surface area contributed by atoms with Crippen molar-refractivity contribution in [3.63, 3.8) is 0 Å². The number of carbonyl (C=O) groups excluding carboxylic acids is 3. The van der Waals surface area contributed by atoms with Gasteiger partial charge in [-0.2, -0.15) is 5.26 Å². The lowest BCUT2D eigenvalue weighted by molar-refractivity contribution is -0.236. The SMILES string of the molecule is CCCCC(NC(=O)C1C=CC=CC1=C=O)C(=O)OO. The van der Waals surface area contributed by atoms with Crippen molar-refractivity contribution < 1.29 is 24.5 Å². The van der Waals surface area contributed by atoms with Crippen LogP contribution in [0.3, 0.4) is 0 Å². The molecule has 20 heavy (non-hydrogen) atoms. The fourth-order valence-corrected chi connectivity index (χ4v) is 1.85. The zero-order valence-corrected chi connectivity index (χ0v) is 11.2. The molecule has 2 N–H and O–H groups in total. The largest absolute Gasteiger partial charge is 0.364 e. The first-order chi connectivity index (χ1) is 9.63. The van der Waals surface area contributed by atoms with E-state index < -0.39 is 23.8 Å². The lowest BCUT2D eigenvalue weighted by Crippen LogP contribution is -2.44. The van der Waals surface area contributed by atoms with Crippen LogP contribution in [0, 0.1) is 5.92 Å². The van der Waals surface area contributed by atoms with E-state index in [-0.39, 0.29) is 5.57 Å². The number of nitrogens with one attached hydrogen (secondary N) is 1. The van der Waals surface area contributed by atoms with Crippen molar-refractivity contribution in [1.82, 2.24) is 5.32 Å². The van der Waals surface area contributed by atoms with Crippen LogP contribution in [-0.2, 0) is 19.3 Å². The van der Waals surface area contributed by atoms with Crippen molar-refractivity contribution in [3.8, 4) is 0 Å². The molecule has 0 aromatic heterocycles. The van der Waals surface area contributed by atoms with Crippen LogP contribution in [-0.4, -0.2) is 29.1 Å². The quantitative estimate of drug-likeness (QED) is 0.432. The minimum absolute atomic E-state index is 0.191. The first-order valence-electron chi connectivity index (χ1n) is 6.39. The Hall–Kier alpha value is -2.17. The molecule has 0 aliphatic heterocycles. The Balaban J connectivity index is 2.74. The van der Waals surface area contributed by atoms with Gasteiger partial charge in [-0.3, -0.25) is 9.68 Å². The van der Waals surface area contributed by atoms with Crippen LogP contribution in [0.15, 0.2) is 29.9 Å². The predicted octanol–water partition coefficient (Wildman–Crippen LogP) is 1.18. The van der Waals surface area contributed by atoms with Gasteiger partial charge in [0, 0.05) is 0 Å². The van der Waals surface area contributed by atoms with E-state index >= 15 is 0 Å². The van der Waals surface area contributed by atoms with Gasteiger partial charge in [-0.25, -0.2) is 9.59 Å². The Kier molecular flexibility index (Phi) is 6.43. The third kappa shape index (κ3) is 4.19. The molecule has 0 fully saturated rings. The van der Waals surface area contributed by atoms with Gasteiger partial charge in [-0.1, -0.05) is 38.0 Å². The second kappa shape index (κ2) is 8.09. The minimum Gasteiger partial charge on any atom is -0.342 e. The summed E-state index contributed by atoms with van der Waals surface area (Å²) in [6, 6.07) is -0.931. The maximum absolute atomic E-state index is 12.1. The average molecular weight is 279 g/mol. The van der Waals surface area contributed by atoms with Gasteiger partial charge < -0.3 is 5.32 Å². The monoisotopic (exact) mass is 279 g/mol. The number of carbonyl (C=O) groups is 2. The number of unbranched alkanes of at least 4 members (excludes halogenated alkanes) is 1. The van der Waals surface area contributed by atoms with Crippen LogP contribution < -0.4 is 5.32 Å². The van der Waals surface area contributed by atoms with E-state index in [4.69, 9.17) is 5.26 Å². The molecule has 0 heterocycles. The van der Waals surface area contributed by atoms with E-state index in [1.54, 1.807) is 18.1 Å². The third-order valence-electron chi connectivity index (χ3n) is 2.96. The minimum atomic E-state index is -0.931. The maximum Gasteiger partial charge on any atom is 0.364 e. The zero-order chi connectivity index (χ0) is 15.0. The molecule has 1 rings (SSSR count). The van der Waals surface area contributed by atoms with Crippen molar-refractivity contribution in [3.05, 3.63) is 29.9 Å². The molecule has 0 aromatic rings. The fourth-order valence-electron chi connectivity index (χ4n) is 1.85. The van der Waals surface area contributed by atoms with Crippen molar-refractivity contribution in [1.29, 1.82) is 0 Å². The van der Waals surface area contributed by atoms with Gasteiger partial charge in [0.15, 0.2) is 0 Å². The molecule has 6 nitrogen and oxygen atoms in total. The number of amides is 1. The average Bonchev–Trinajstić information content (AvgIpc) is 2.50. The number of hydrogen-bond acceptors (Lipinski definition) is 5. The molecule has 0 aromatic carbocycles. The van der Waals surface area contributed by atoms with Crippen LogP contribution in [0.4, 0.5) is 0 Å². The fraction of sp³-hybridized carbons (Fsp3) is 0.429. The van der Waals surface area contributed by atoms with Gasteiger partial charge in [-0.05, 0) is 12.5 Å². The van der Waals surface area contributed by atoms with Crippen molar-refractivity contribution >= 4 is 17.8 Å². The molecular formula is C14H17NO5. The van der Waals surface area contributed by atoms with Gasteiger partial charge in [0.05, 0.1) is 11.5 Å². The molecule has 0 spiro atoms. The normalized spacial score (nSPS) is 18.3. The molecule has 1 aliphatic rings. The molecular weight excluding hydrogens is 262 g/mol. The van der Waals surface area contributed by atoms with Crippen molar-refractivity contribution in [2.75, 3.05) is 0 Å². The van der Waals surface area contributed by atoms with Gasteiger partial charge >= 0.3 is 5.97 Å². The maximum atomic E-state index is 12.1. The van der Waals surface area contributed by atoms with Crippen LogP contribution in [0.1, 0.15) is 26.2 Å². The van der Waals surface area contributed by atoms with E-state index in [9.17, 15) is 14.4 Å². The van der Waals surface area contributed by atoms with Crippen molar-refractivity contribution in [2.45, 2.75) is 32.2 Å². The van der Waals surface area contributed by atoms with E-state index in [1.165, 1.54) is 12.2 Å². The van der Waals surface area contributed by atoms with Crippen LogP contribution in [0.2, 0.25) is 0 Å². The summed E-state index contributed by atoms with van der Waals surface area (Å²) in [4.78, 5) is 37.9. The highest BCUT2D eigenvalue weighted by Crippen LogP contribution is 2.17. The zero-order valence-electron chi connectivity index (χ0n) is 11.2. The second-order valence-electron chi connectivity index (χ2n) is 4.39. The standard InChI is InChI=1S/C14H17NO5/c1-2-3-8-12(14(18)20-19)15-13(17)11-7-5-4-6-10(11)9-16/h4-7,11-12,19H,2-3,8H2,1H3,(H,15,17). The lowest BCUT2D eigenvalue weighted by atomic mass is 9.94. The number of rotatable bonds is 6. The molecule has 0 saturated heterocycles. The number of allylic oxidation sites excluding steroid dienone is 3. The van der Waals surface area contributed by atoms with Crippen molar-refractivity contribution in [2.24, 2.45) is 5.92 Å². The smallest absolute Gasteiger partial charge is 0.342 e. The number of hydrogen-bond donors (Lipinski definition) is 2. The Labute approximate surface area is 116 Å². The lowest BCUT2D eigenvalue weighted by Gasteiger charge is -2.19. The second-order valence-corrected chi connectivity index (χ2v) is 4.39. The molecule has 0 saturated carbocycles. The molecule has 2 unspecified atom stereocenters. The summed E-state index contributed by atoms with van der Waals surface area (Å²) >= 11 is 0. The molecule has 0 bridgehead atoms. The molecule has 1 aliphatic carbocycles. The van der Waals surface area contributed by atoms with E-state index in [2.05, 4.69) is 10.2 Å². The molecule has 108 valence electrons. The van der Waals surface area contributed by atoms with Crippen LogP contribution >= 0.6 is 0 Å². The summed E-state index contributed by atoms with van der Waals surface area (Å²) in [7, 11) is 0. The summed E-state index contributed by atoms with van der Waals surface area (Å²) in [5.41, 5.74) is 0.191. The molecule has 6 heteroatoms. The van der Waals surface area contributed by atoms with E-state index in [0.29, 0.717) is 12.8 Å². The Bertz CT molecular complexity index is 474. The highest BCUT2D eigenvalue weighted by Gasteiger charge is 2.27. The van der Waals surface area contributed by atoms with Crippen LogP contribution in [0.25, 0.3) is 0 Å². The summed E-state index contributed by atoms with van der Waals surface area (Å²) < 4.78 is 0. The van der Waals surface area contributed by atoms with Gasteiger partial charge in [0.2, 0.25) is 5.91 Å². The summed E-state index contributed by atoms with van der Waals surface area (Å²) in [6.07, 6.45) is 8.16. The topological polar surface area (TPSA) is 92.7 Å². The summed E-state index contributed by atoms with van der Waals surface area (Å²) in [5.74, 6) is -0.509. The third-order valence-corrected chi connectivity index (χ3v) is 2.96. The van der Waals surface area contributed by atoms with Gasteiger partial charge in [0.1, 0.15) is 12.0 Å². The first kappa shape index (κ1) is 15.9. The predicted molar refractivity (Wildman–Crippen MR) is 71.2 cm³/mol. The van der Waals surface area contributed by atoms with Gasteiger partial charge in [0.25, 0.3) is 0 Å². The van der Waals surface area contributed by atoms with Crippen LogP contribution in [0.5, 0.6) is 0 Å². The summed E-state index contributed by atoms with van der Waals surface area (Å²) in [6.45, 7) is 1.94. The molecule has 2 atom stereocenters. The highest BCUT2D eigenvalue weighted by atomic mass is 17.1. The van der Waals surface area contributed by atoms with E-state index in [0.717, 1.165) is 6.42 Å². The Morgan fingerprint density at radius 1 is 1.50 bits per heavy atom. The molecule has 0 radical (unpaired) electrons. The highest BCUT2D eigenvalue weighted by molar-refractivity contribution is 5.91.